The first-order chi connectivity index (χ1) is 9.63. The summed E-state index contributed by atoms with van der Waals surface area (Å²) in [7, 11) is 0. The molecule has 0 spiro atoms. The van der Waals surface area contributed by atoms with E-state index in [1.165, 1.54) is 16.8 Å². The van der Waals surface area contributed by atoms with Gasteiger partial charge in [-0.1, -0.05) is 30.3 Å². The lowest BCUT2D eigenvalue weighted by Crippen LogP contribution is -2.07. The Morgan fingerprint density at radius 2 is 2.05 bits per heavy atom. The third-order valence-electron chi connectivity index (χ3n) is 2.86. The van der Waals surface area contributed by atoms with E-state index in [0.29, 0.717) is 12.4 Å². The van der Waals surface area contributed by atoms with Gasteiger partial charge in [0.25, 0.3) is 5.69 Å². The minimum absolute atomic E-state index is 0.111. The minimum Gasteiger partial charge on any atom is -0.404 e. The van der Waals surface area contributed by atoms with Crippen LogP contribution in [0.2, 0.25) is 0 Å². The van der Waals surface area contributed by atoms with Gasteiger partial charge in [0.15, 0.2) is 11.6 Å². The summed E-state index contributed by atoms with van der Waals surface area (Å²) in [5.41, 5.74) is 0.791. The van der Waals surface area contributed by atoms with Crippen LogP contribution in [0.15, 0.2) is 51.8 Å². The second-order valence-corrected chi connectivity index (χ2v) is 4.24. The smallest absolute Gasteiger partial charge is 0.404 e. The highest BCUT2D eigenvalue weighted by molar-refractivity contribution is 5.54. The molecule has 0 saturated carbocycles. The molecule has 7 heteroatoms. The summed E-state index contributed by atoms with van der Waals surface area (Å²) in [4.78, 5) is 25.3. The van der Waals surface area contributed by atoms with Crippen LogP contribution in [0.4, 0.5) is 5.69 Å². The second kappa shape index (κ2) is 4.61. The van der Waals surface area contributed by atoms with Crippen molar-refractivity contribution in [3.8, 4) is 11.6 Å². The maximum absolute atomic E-state index is 11.2. The number of rotatable bonds is 3. The van der Waals surface area contributed by atoms with Gasteiger partial charge < -0.3 is 8.98 Å². The maximum atomic E-state index is 11.2. The third kappa shape index (κ3) is 2.16. The zero-order chi connectivity index (χ0) is 14.1. The molecule has 100 valence electrons. The van der Waals surface area contributed by atoms with Crippen molar-refractivity contribution >= 4 is 5.69 Å². The Morgan fingerprint density at radius 3 is 2.75 bits per heavy atom. The predicted octanol–water partition coefficient (Wildman–Crippen LogP) is 1.90. The van der Waals surface area contributed by atoms with Gasteiger partial charge in [0.05, 0.1) is 17.2 Å². The number of hydrogen-bond acceptors (Lipinski definition) is 5. The van der Waals surface area contributed by atoms with Crippen molar-refractivity contribution in [1.29, 1.82) is 0 Å². The molecule has 0 bridgehead atoms. The molecule has 0 radical (unpaired) electrons. The summed E-state index contributed by atoms with van der Waals surface area (Å²) in [6, 6.07) is 10.6. The topological polar surface area (TPSA) is 91.2 Å². The highest BCUT2D eigenvalue weighted by Crippen LogP contribution is 2.24. The van der Waals surface area contributed by atoms with Crippen molar-refractivity contribution in [2.45, 2.75) is 6.54 Å². The molecule has 3 rings (SSSR count). The number of oxazole rings is 1. The molecule has 1 aromatic rings. The number of aromatic nitrogens is 2. The van der Waals surface area contributed by atoms with E-state index < -0.39 is 10.7 Å². The number of pyridine rings is 1. The van der Waals surface area contributed by atoms with Crippen LogP contribution in [0.1, 0.15) is 5.56 Å². The normalized spacial score (nSPS) is 10.8. The van der Waals surface area contributed by atoms with E-state index in [0.717, 1.165) is 5.56 Å². The molecule has 2 heterocycles. The third-order valence-corrected chi connectivity index (χ3v) is 2.86. The van der Waals surface area contributed by atoms with Gasteiger partial charge in [-0.2, -0.15) is 4.98 Å². The molecular weight excluding hydrogens is 262 g/mol. The Kier molecular flexibility index (Phi) is 2.79. The molecule has 0 saturated heterocycles. The molecule has 0 unspecified atom stereocenters. The van der Waals surface area contributed by atoms with Crippen LogP contribution < -0.4 is 5.76 Å². The molecule has 7 nitrogen and oxygen atoms in total. The van der Waals surface area contributed by atoms with Gasteiger partial charge in [-0.15, -0.1) is 0 Å². The monoisotopic (exact) mass is 271 g/mol. The summed E-state index contributed by atoms with van der Waals surface area (Å²) in [6.45, 7) is 0.366. The van der Waals surface area contributed by atoms with E-state index in [1.54, 1.807) is 0 Å². The number of fused-ring (bicyclic) bond motifs is 1. The van der Waals surface area contributed by atoms with Gasteiger partial charge in [0.2, 0.25) is 0 Å². The average molecular weight is 271 g/mol. The lowest BCUT2D eigenvalue weighted by molar-refractivity contribution is -0.385. The van der Waals surface area contributed by atoms with E-state index in [9.17, 15) is 14.9 Å². The van der Waals surface area contributed by atoms with Gasteiger partial charge >= 0.3 is 5.76 Å². The van der Waals surface area contributed by atoms with E-state index >= 15 is 0 Å². The Hall–Kier alpha value is -2.96. The van der Waals surface area contributed by atoms with Crippen molar-refractivity contribution in [2.24, 2.45) is 0 Å². The number of benzene rings is 1. The quantitative estimate of drug-likeness (QED) is 0.536. The standard InChI is InChI=1S/C13H9N3O4/c17-13-14-12-11(20-13)6-10(16(18)19)8-15(12)7-9-4-2-1-3-5-9/h1-6,8H,7H2. The summed E-state index contributed by atoms with van der Waals surface area (Å²) in [5, 5.41) is 10.9. The fourth-order valence-corrected chi connectivity index (χ4v) is 2.00. The summed E-state index contributed by atoms with van der Waals surface area (Å²) in [6.07, 6.45) is 1.34. The summed E-state index contributed by atoms with van der Waals surface area (Å²) in [5.74, 6) is -0.355. The zero-order valence-corrected chi connectivity index (χ0v) is 10.2. The highest BCUT2D eigenvalue weighted by atomic mass is 16.6. The van der Waals surface area contributed by atoms with Gasteiger partial charge in [-0.25, -0.2) is 4.79 Å². The minimum atomic E-state index is -0.762. The lowest BCUT2D eigenvalue weighted by atomic mass is 10.2. The molecule has 20 heavy (non-hydrogen) atoms. The second-order valence-electron chi connectivity index (χ2n) is 4.24. The first-order valence-electron chi connectivity index (χ1n) is 5.83. The Bertz CT molecular complexity index is 791. The van der Waals surface area contributed by atoms with Gasteiger partial charge in [0.1, 0.15) is 0 Å². The van der Waals surface area contributed by atoms with Crippen LogP contribution in [0.5, 0.6) is 0 Å². The summed E-state index contributed by atoms with van der Waals surface area (Å²) < 4.78 is 6.38. The number of nitro groups is 1. The molecule has 0 aliphatic carbocycles. The maximum Gasteiger partial charge on any atom is 0.441 e. The van der Waals surface area contributed by atoms with E-state index in [2.05, 4.69) is 4.98 Å². The van der Waals surface area contributed by atoms with Crippen molar-refractivity contribution < 1.29 is 9.34 Å². The van der Waals surface area contributed by atoms with Crippen LogP contribution in [0.25, 0.3) is 11.6 Å². The molecule has 2 aliphatic rings. The zero-order valence-electron chi connectivity index (χ0n) is 10.2. The van der Waals surface area contributed by atoms with Crippen molar-refractivity contribution in [2.75, 3.05) is 0 Å². The van der Waals surface area contributed by atoms with E-state index in [1.807, 2.05) is 30.3 Å². The van der Waals surface area contributed by atoms with Crippen molar-refractivity contribution in [3.05, 3.63) is 68.8 Å². The van der Waals surface area contributed by atoms with E-state index in [4.69, 9.17) is 4.42 Å². The first kappa shape index (κ1) is 12.1. The van der Waals surface area contributed by atoms with Crippen molar-refractivity contribution in [1.82, 2.24) is 9.55 Å². The van der Waals surface area contributed by atoms with Gasteiger partial charge in [-0.3, -0.25) is 10.1 Å². The van der Waals surface area contributed by atoms with Crippen LogP contribution in [0, 0.1) is 10.1 Å². The molecular formula is C13H9N3O4. The predicted molar refractivity (Wildman–Crippen MR) is 69.6 cm³/mol. The molecule has 0 aromatic heterocycles. The highest BCUT2D eigenvalue weighted by Gasteiger charge is 2.20. The van der Waals surface area contributed by atoms with Crippen LogP contribution in [-0.4, -0.2) is 14.5 Å². The summed E-state index contributed by atoms with van der Waals surface area (Å²) >= 11 is 0. The van der Waals surface area contributed by atoms with E-state index in [-0.39, 0.29) is 11.4 Å². The van der Waals surface area contributed by atoms with Gasteiger partial charge in [-0.05, 0) is 5.56 Å². The molecule has 0 fully saturated rings. The SMILES string of the molecule is O=c1nc2n(Cc3ccccc3)cc([N+](=O)[O-])cc-2o1. The number of nitrogens with zero attached hydrogens (tertiary/aromatic N) is 3. The molecule has 0 atom stereocenters. The molecule has 1 aromatic carbocycles. The fourth-order valence-electron chi connectivity index (χ4n) is 2.00. The molecule has 2 aliphatic heterocycles. The Labute approximate surface area is 112 Å². The molecule has 0 amide bonds. The Morgan fingerprint density at radius 1 is 1.30 bits per heavy atom. The average Bonchev–Trinajstić information content (AvgIpc) is 2.80. The van der Waals surface area contributed by atoms with Crippen LogP contribution in [-0.2, 0) is 6.54 Å². The van der Waals surface area contributed by atoms with Crippen LogP contribution >= 0.6 is 0 Å². The lowest BCUT2D eigenvalue weighted by Gasteiger charge is -2.09. The van der Waals surface area contributed by atoms with Crippen LogP contribution in [0.3, 0.4) is 0 Å². The number of hydrogen-bond donors (Lipinski definition) is 0. The molecule has 0 N–H and O–H groups in total. The largest absolute Gasteiger partial charge is 0.441 e. The Balaban J connectivity index is 2.13. The first-order valence-corrected chi connectivity index (χ1v) is 5.83. The van der Waals surface area contributed by atoms with Crippen molar-refractivity contribution in [3.63, 3.8) is 0 Å². The fraction of sp³-hybridized carbons (Fsp3) is 0.0769. The van der Waals surface area contributed by atoms with Gasteiger partial charge in [0, 0.05) is 6.54 Å².